The van der Waals surface area contributed by atoms with Crippen LogP contribution in [0.25, 0.3) is 10.8 Å². The summed E-state index contributed by atoms with van der Waals surface area (Å²) < 4.78 is 18.2. The smallest absolute Gasteiger partial charge is 0.314 e. The fraction of sp³-hybridized carbons (Fsp3) is 0.698. The Morgan fingerprint density at radius 3 is 1.27 bits per heavy atom. The number of esters is 3. The first kappa shape index (κ1) is 43.0. The lowest BCUT2D eigenvalue weighted by Gasteiger charge is -2.42. The molecule has 0 spiro atoms. The highest BCUT2D eigenvalue weighted by molar-refractivity contribution is 5.94. The Labute approximate surface area is 326 Å². The second-order valence-electron chi connectivity index (χ2n) is 20.2. The van der Waals surface area contributed by atoms with E-state index in [4.69, 9.17) is 14.2 Å². The summed E-state index contributed by atoms with van der Waals surface area (Å²) in [6.45, 7) is 23.1. The third-order valence-electron chi connectivity index (χ3n) is 12.5. The van der Waals surface area contributed by atoms with Crippen LogP contribution in [0.3, 0.4) is 0 Å². The minimum atomic E-state index is -0.704. The van der Waals surface area contributed by atoms with Crippen molar-refractivity contribution in [2.75, 3.05) is 0 Å². The Bertz CT molecular complexity index is 1780. The van der Waals surface area contributed by atoms with E-state index < -0.39 is 68.9 Å². The van der Waals surface area contributed by atoms with Crippen LogP contribution in [0.5, 0.6) is 17.2 Å². The number of carbonyl (C=O) groups excluding carboxylic acids is 3. The molecule has 0 aliphatic carbocycles. The number of carbonyl (C=O) groups is 3. The van der Waals surface area contributed by atoms with Gasteiger partial charge in [-0.2, -0.15) is 15.2 Å². The highest BCUT2D eigenvalue weighted by Gasteiger charge is 2.47. The van der Waals surface area contributed by atoms with E-state index in [1.54, 1.807) is 24.3 Å². The maximum absolute atomic E-state index is 14.0. The highest BCUT2D eigenvalue weighted by atomic mass is 16.6. The molecule has 3 saturated heterocycles. The Kier molecular flexibility index (Phi) is 11.7. The van der Waals surface area contributed by atoms with Gasteiger partial charge in [-0.1, -0.05) is 6.07 Å². The Hall–Kier alpha value is -3.13. The van der Waals surface area contributed by atoms with Gasteiger partial charge in [-0.25, -0.2) is 0 Å². The van der Waals surface area contributed by atoms with E-state index in [0.717, 1.165) is 0 Å². The van der Waals surface area contributed by atoms with E-state index in [1.807, 2.05) is 83.1 Å². The minimum absolute atomic E-state index is 0.155. The molecule has 12 nitrogen and oxygen atoms in total. The van der Waals surface area contributed by atoms with Gasteiger partial charge in [0, 0.05) is 44.7 Å². The van der Waals surface area contributed by atoms with E-state index in [0.29, 0.717) is 68.6 Å². The number of fused-ring (bicyclic) bond motifs is 1. The summed E-state index contributed by atoms with van der Waals surface area (Å²) in [6.07, 6.45) is 4.47. The molecule has 5 rings (SSSR count). The van der Waals surface area contributed by atoms with Crippen LogP contribution in [0.15, 0.2) is 30.3 Å². The van der Waals surface area contributed by atoms with Gasteiger partial charge in [0.15, 0.2) is 0 Å². The topological polar surface area (TPSA) is 149 Å². The number of ether oxygens (including phenoxy) is 3. The first-order valence-corrected chi connectivity index (χ1v) is 19.9. The van der Waals surface area contributed by atoms with Crippen LogP contribution in [0.4, 0.5) is 0 Å². The number of nitrogens with zero attached hydrogens (tertiary/aromatic N) is 3. The van der Waals surface area contributed by atoms with Crippen molar-refractivity contribution in [3.05, 3.63) is 30.3 Å². The molecule has 0 saturated carbocycles. The van der Waals surface area contributed by atoms with Crippen molar-refractivity contribution < 1.29 is 44.2 Å². The minimum Gasteiger partial charge on any atom is -0.426 e. The monoisotopic (exact) mass is 767 g/mol. The predicted molar refractivity (Wildman–Crippen MR) is 208 cm³/mol. The van der Waals surface area contributed by atoms with Gasteiger partial charge in [0.2, 0.25) is 0 Å². The van der Waals surface area contributed by atoms with Crippen LogP contribution >= 0.6 is 0 Å². The molecule has 3 fully saturated rings. The maximum Gasteiger partial charge on any atom is 0.314 e. The first-order chi connectivity index (χ1) is 25.1. The quantitative estimate of drug-likeness (QED) is 0.191. The number of benzene rings is 2. The molecule has 2 aromatic rings. The van der Waals surface area contributed by atoms with Gasteiger partial charge in [-0.3, -0.25) is 14.4 Å². The van der Waals surface area contributed by atoms with Crippen molar-refractivity contribution >= 4 is 28.7 Å². The van der Waals surface area contributed by atoms with Crippen LogP contribution in [0, 0.1) is 17.8 Å². The summed E-state index contributed by atoms with van der Waals surface area (Å²) in [7, 11) is 0. The zero-order valence-corrected chi connectivity index (χ0v) is 35.1. The third-order valence-corrected chi connectivity index (χ3v) is 12.5. The summed E-state index contributed by atoms with van der Waals surface area (Å²) in [4.78, 5) is 41.4. The molecule has 306 valence electrons. The van der Waals surface area contributed by atoms with Gasteiger partial charge >= 0.3 is 17.9 Å². The molecule has 2 aromatic carbocycles. The van der Waals surface area contributed by atoms with Crippen LogP contribution in [-0.4, -0.2) is 82.0 Å². The number of rotatable bonds is 6. The van der Waals surface area contributed by atoms with Crippen LogP contribution in [0.2, 0.25) is 0 Å². The molecule has 0 aromatic heterocycles. The van der Waals surface area contributed by atoms with E-state index in [-0.39, 0.29) is 17.2 Å². The fourth-order valence-electron chi connectivity index (χ4n) is 9.41. The second-order valence-corrected chi connectivity index (χ2v) is 20.2. The maximum atomic E-state index is 14.0. The fourth-order valence-corrected chi connectivity index (χ4v) is 9.41. The molecule has 3 aliphatic heterocycles. The third kappa shape index (κ3) is 9.21. The standard InChI is InChI=1S/C43H65N3O9/c1-38(2)18-15-28(24-41(7,8)44(38)50)35(47)53-31-14-13-27-21-32(54-36(48)29-16-19-39(3,4)45(51)42(9,10)25-29)23-34(33(27)22-31)55-37(49)30-17-20-40(5,6)46(52)43(11,12)26-30/h13-14,21-23,28-30,50-52H,15-20,24-26H2,1-12H3. The molecule has 3 N–H and O–H groups in total. The zero-order valence-electron chi connectivity index (χ0n) is 35.1. The van der Waals surface area contributed by atoms with Gasteiger partial charge in [-0.05, 0) is 164 Å². The van der Waals surface area contributed by atoms with E-state index in [9.17, 15) is 30.0 Å². The van der Waals surface area contributed by atoms with Crippen molar-refractivity contribution in [2.45, 2.75) is 174 Å². The lowest BCUT2D eigenvalue weighted by Crippen LogP contribution is -2.52. The molecule has 0 bridgehead atoms. The van der Waals surface area contributed by atoms with Gasteiger partial charge in [-0.15, -0.1) is 0 Å². The Morgan fingerprint density at radius 2 is 0.873 bits per heavy atom. The first-order valence-electron chi connectivity index (χ1n) is 19.9. The molecule has 3 heterocycles. The van der Waals surface area contributed by atoms with Gasteiger partial charge in [0.1, 0.15) is 17.2 Å². The molecule has 0 amide bonds. The lowest BCUT2D eigenvalue weighted by atomic mass is 9.89. The Morgan fingerprint density at radius 1 is 0.509 bits per heavy atom. The van der Waals surface area contributed by atoms with Crippen LogP contribution in [-0.2, 0) is 14.4 Å². The van der Waals surface area contributed by atoms with Crippen molar-refractivity contribution in [1.29, 1.82) is 0 Å². The molecule has 3 aliphatic rings. The summed E-state index contributed by atoms with van der Waals surface area (Å²) >= 11 is 0. The molecular weight excluding hydrogens is 702 g/mol. The van der Waals surface area contributed by atoms with E-state index >= 15 is 0 Å². The summed E-state index contributed by atoms with van der Waals surface area (Å²) in [6, 6.07) is 8.30. The summed E-state index contributed by atoms with van der Waals surface area (Å²) in [5, 5.41) is 38.1. The second kappa shape index (κ2) is 15.0. The van der Waals surface area contributed by atoms with Crippen molar-refractivity contribution in [3.63, 3.8) is 0 Å². The molecular formula is C43H65N3O9. The van der Waals surface area contributed by atoms with E-state index in [2.05, 4.69) is 0 Å². The molecule has 55 heavy (non-hydrogen) atoms. The van der Waals surface area contributed by atoms with Crippen LogP contribution < -0.4 is 14.2 Å². The molecule has 3 atom stereocenters. The number of hydroxylamine groups is 6. The molecule has 3 unspecified atom stereocenters. The average Bonchev–Trinajstić information content (AvgIpc) is 3.27. The Balaban J connectivity index is 1.46. The molecule has 0 radical (unpaired) electrons. The van der Waals surface area contributed by atoms with Gasteiger partial charge in [0.05, 0.1) is 17.8 Å². The van der Waals surface area contributed by atoms with Crippen molar-refractivity contribution in [1.82, 2.24) is 15.2 Å². The van der Waals surface area contributed by atoms with Crippen molar-refractivity contribution in [3.8, 4) is 17.2 Å². The normalized spacial score (nSPS) is 27.9. The van der Waals surface area contributed by atoms with Crippen LogP contribution in [0.1, 0.15) is 141 Å². The SMILES string of the molecule is CC1(C)CCC(C(=O)Oc2cc(OC(=O)C3CCC(C)(C)N(O)C(C)(C)C3)c3cc(OC(=O)C4CCC(C)(C)N(O)C(C)(C)C4)ccc3c2)CC(C)(C)N1O. The summed E-state index contributed by atoms with van der Waals surface area (Å²) in [5.41, 5.74) is -3.62. The van der Waals surface area contributed by atoms with E-state index in [1.165, 1.54) is 21.3 Å². The summed E-state index contributed by atoms with van der Waals surface area (Å²) in [5.74, 6) is -2.15. The number of hydrogen-bond donors (Lipinski definition) is 3. The van der Waals surface area contributed by atoms with Gasteiger partial charge in [0.25, 0.3) is 0 Å². The zero-order chi connectivity index (χ0) is 41.1. The van der Waals surface area contributed by atoms with Crippen molar-refractivity contribution in [2.24, 2.45) is 17.8 Å². The lowest BCUT2D eigenvalue weighted by molar-refractivity contribution is -0.222. The largest absolute Gasteiger partial charge is 0.426 e. The average molecular weight is 768 g/mol. The van der Waals surface area contributed by atoms with Gasteiger partial charge < -0.3 is 29.8 Å². The highest BCUT2D eigenvalue weighted by Crippen LogP contribution is 2.43. The predicted octanol–water partition coefficient (Wildman–Crippen LogP) is 8.70. The number of hydrogen-bond acceptors (Lipinski definition) is 12. The molecule has 12 heteroatoms.